The third kappa shape index (κ3) is 4.74. The maximum absolute atomic E-state index is 12.4. The summed E-state index contributed by atoms with van der Waals surface area (Å²) in [5, 5.41) is 2.99. The molecule has 0 spiro atoms. The maximum atomic E-state index is 12.4. The third-order valence-corrected chi connectivity index (χ3v) is 4.17. The number of para-hydroxylation sites is 1. The van der Waals surface area contributed by atoms with Crippen LogP contribution in [0.5, 0.6) is 0 Å². The highest BCUT2D eigenvalue weighted by Crippen LogP contribution is 2.20. The van der Waals surface area contributed by atoms with Crippen LogP contribution < -0.4 is 5.32 Å². The van der Waals surface area contributed by atoms with Gasteiger partial charge in [0.15, 0.2) is 5.78 Å². The molecule has 28 heavy (non-hydrogen) atoms. The van der Waals surface area contributed by atoms with Gasteiger partial charge in [-0.25, -0.2) is 4.79 Å². The summed E-state index contributed by atoms with van der Waals surface area (Å²) in [6, 6.07) is 24.5. The molecular weight excluding hydrogens is 350 g/mol. The lowest BCUT2D eigenvalue weighted by atomic mass is 10.0. The number of hydrogen-bond donors (Lipinski definition) is 1. The van der Waals surface area contributed by atoms with Crippen LogP contribution in [-0.4, -0.2) is 18.4 Å². The van der Waals surface area contributed by atoms with E-state index in [1.807, 2.05) is 60.7 Å². The van der Waals surface area contributed by atoms with Gasteiger partial charge in [-0.05, 0) is 30.2 Å². The molecule has 3 rings (SSSR count). The Bertz CT molecular complexity index is 976. The average molecular weight is 371 g/mol. The van der Waals surface area contributed by atoms with E-state index in [0.717, 1.165) is 11.1 Å². The zero-order valence-electron chi connectivity index (χ0n) is 15.6. The van der Waals surface area contributed by atoms with E-state index >= 15 is 0 Å². The van der Waals surface area contributed by atoms with Crippen molar-refractivity contribution in [3.8, 4) is 11.1 Å². The predicted molar refractivity (Wildman–Crippen MR) is 111 cm³/mol. The number of nitrogens with one attached hydrogen (secondary N) is 1. The van der Waals surface area contributed by atoms with Gasteiger partial charge in [0.05, 0.1) is 17.9 Å². The van der Waals surface area contributed by atoms with Crippen molar-refractivity contribution in [2.24, 2.45) is 0 Å². The summed E-state index contributed by atoms with van der Waals surface area (Å²) in [6.07, 6.45) is 2.98. The van der Waals surface area contributed by atoms with Crippen LogP contribution in [0, 0.1) is 0 Å². The molecule has 0 saturated carbocycles. The average Bonchev–Trinajstić information content (AvgIpc) is 2.75. The van der Waals surface area contributed by atoms with Crippen molar-refractivity contribution in [3.63, 3.8) is 0 Å². The van der Waals surface area contributed by atoms with Crippen molar-refractivity contribution >= 4 is 17.4 Å². The Balaban J connectivity index is 1.67. The van der Waals surface area contributed by atoms with Gasteiger partial charge in [0.1, 0.15) is 0 Å². The highest BCUT2D eigenvalue weighted by molar-refractivity contribution is 6.05. The number of rotatable bonds is 7. The number of benzene rings is 3. The summed E-state index contributed by atoms with van der Waals surface area (Å²) in [4.78, 5) is 24.4. The van der Waals surface area contributed by atoms with Gasteiger partial charge in [0.2, 0.25) is 0 Å². The lowest BCUT2D eigenvalue weighted by Gasteiger charge is -2.08. The van der Waals surface area contributed by atoms with E-state index in [9.17, 15) is 9.59 Å². The van der Waals surface area contributed by atoms with E-state index in [2.05, 4.69) is 5.32 Å². The minimum Gasteiger partial charge on any atom is -0.462 e. The molecule has 0 bridgehead atoms. The second kappa shape index (κ2) is 9.33. The highest BCUT2D eigenvalue weighted by Gasteiger charge is 2.10. The Hall–Kier alpha value is -3.66. The Labute approximate surface area is 164 Å². The predicted octanol–water partition coefficient (Wildman–Crippen LogP) is 5.34. The molecule has 0 heterocycles. The number of hydrogen-bond acceptors (Lipinski definition) is 4. The molecule has 0 aliphatic heterocycles. The van der Waals surface area contributed by atoms with Crippen LogP contribution in [0.3, 0.4) is 0 Å². The zero-order chi connectivity index (χ0) is 19.8. The van der Waals surface area contributed by atoms with Gasteiger partial charge in [-0.15, -0.1) is 0 Å². The smallest absolute Gasteiger partial charge is 0.340 e. The molecule has 0 radical (unpaired) electrons. The monoisotopic (exact) mass is 371 g/mol. The lowest BCUT2D eigenvalue weighted by Crippen LogP contribution is -2.07. The zero-order valence-corrected chi connectivity index (χ0v) is 15.6. The molecule has 3 aromatic carbocycles. The van der Waals surface area contributed by atoms with Crippen molar-refractivity contribution in [1.29, 1.82) is 0 Å². The SMILES string of the molecule is CCOC(=O)c1ccccc1N/C=C/C(=O)c1ccc(-c2ccccc2)cc1. The van der Waals surface area contributed by atoms with Gasteiger partial charge in [0, 0.05) is 17.8 Å². The van der Waals surface area contributed by atoms with Gasteiger partial charge in [-0.1, -0.05) is 66.7 Å². The fraction of sp³-hybridized carbons (Fsp3) is 0.0833. The quantitative estimate of drug-likeness (QED) is 0.346. The van der Waals surface area contributed by atoms with Gasteiger partial charge in [-0.3, -0.25) is 4.79 Å². The van der Waals surface area contributed by atoms with Crippen LogP contribution in [0.15, 0.2) is 91.1 Å². The molecule has 0 aliphatic carbocycles. The molecule has 0 aliphatic rings. The van der Waals surface area contributed by atoms with Crippen molar-refractivity contribution in [1.82, 2.24) is 0 Å². The minimum atomic E-state index is -0.401. The number of ketones is 1. The van der Waals surface area contributed by atoms with Crippen LogP contribution in [0.25, 0.3) is 11.1 Å². The molecule has 0 aromatic heterocycles. The molecular formula is C24H21NO3. The summed E-state index contributed by atoms with van der Waals surface area (Å²) in [5.74, 6) is -0.525. The molecule has 4 heteroatoms. The number of carbonyl (C=O) groups excluding carboxylic acids is 2. The number of anilines is 1. The first-order valence-corrected chi connectivity index (χ1v) is 9.08. The van der Waals surface area contributed by atoms with E-state index in [1.54, 1.807) is 25.1 Å². The first-order chi connectivity index (χ1) is 13.7. The Morgan fingerprint density at radius 3 is 2.21 bits per heavy atom. The molecule has 0 saturated heterocycles. The van der Waals surface area contributed by atoms with Gasteiger partial charge in [0.25, 0.3) is 0 Å². The summed E-state index contributed by atoms with van der Waals surface area (Å²) in [6.45, 7) is 2.07. The van der Waals surface area contributed by atoms with E-state index in [4.69, 9.17) is 4.74 Å². The summed E-state index contributed by atoms with van der Waals surface area (Å²) >= 11 is 0. The van der Waals surface area contributed by atoms with Crippen LogP contribution >= 0.6 is 0 Å². The normalized spacial score (nSPS) is 10.6. The fourth-order valence-corrected chi connectivity index (χ4v) is 2.76. The van der Waals surface area contributed by atoms with E-state index in [-0.39, 0.29) is 5.78 Å². The van der Waals surface area contributed by atoms with Gasteiger partial charge in [-0.2, -0.15) is 0 Å². The maximum Gasteiger partial charge on any atom is 0.340 e. The van der Waals surface area contributed by atoms with Crippen molar-refractivity contribution in [2.75, 3.05) is 11.9 Å². The topological polar surface area (TPSA) is 55.4 Å². The van der Waals surface area contributed by atoms with Crippen LogP contribution in [0.1, 0.15) is 27.6 Å². The first-order valence-electron chi connectivity index (χ1n) is 9.08. The van der Waals surface area contributed by atoms with Gasteiger partial charge >= 0.3 is 5.97 Å². The second-order valence-electron chi connectivity index (χ2n) is 6.05. The summed E-state index contributed by atoms with van der Waals surface area (Å²) in [5.41, 5.74) is 3.77. The number of ether oxygens (including phenoxy) is 1. The van der Waals surface area contributed by atoms with E-state index in [0.29, 0.717) is 23.4 Å². The molecule has 0 amide bonds. The highest BCUT2D eigenvalue weighted by atomic mass is 16.5. The molecule has 0 fully saturated rings. The molecule has 4 nitrogen and oxygen atoms in total. The minimum absolute atomic E-state index is 0.124. The van der Waals surface area contributed by atoms with Crippen LogP contribution in [0.2, 0.25) is 0 Å². The number of allylic oxidation sites excluding steroid dienone is 1. The Kier molecular flexibility index (Phi) is 6.37. The number of carbonyl (C=O) groups is 2. The summed E-state index contributed by atoms with van der Waals surface area (Å²) < 4.78 is 5.04. The first kappa shape index (κ1) is 19.1. The molecule has 140 valence electrons. The molecule has 3 aromatic rings. The van der Waals surface area contributed by atoms with Crippen molar-refractivity contribution in [3.05, 3.63) is 102 Å². The van der Waals surface area contributed by atoms with E-state index < -0.39 is 5.97 Å². The fourth-order valence-electron chi connectivity index (χ4n) is 2.76. The lowest BCUT2D eigenvalue weighted by molar-refractivity contribution is 0.0527. The molecule has 0 unspecified atom stereocenters. The van der Waals surface area contributed by atoms with E-state index in [1.165, 1.54) is 12.3 Å². The summed E-state index contributed by atoms with van der Waals surface area (Å²) in [7, 11) is 0. The largest absolute Gasteiger partial charge is 0.462 e. The molecule has 1 N–H and O–H groups in total. The molecule has 0 atom stereocenters. The van der Waals surface area contributed by atoms with Crippen LogP contribution in [-0.2, 0) is 4.74 Å². The Morgan fingerprint density at radius 2 is 1.50 bits per heavy atom. The standard InChI is InChI=1S/C24H21NO3/c1-2-28-24(27)21-10-6-7-11-22(21)25-17-16-23(26)20-14-12-19(13-15-20)18-8-4-3-5-9-18/h3-17,25H,2H2,1H3/b17-16+. The van der Waals surface area contributed by atoms with Gasteiger partial charge < -0.3 is 10.1 Å². The number of esters is 1. The Morgan fingerprint density at radius 1 is 0.857 bits per heavy atom. The third-order valence-electron chi connectivity index (χ3n) is 4.17. The van der Waals surface area contributed by atoms with Crippen LogP contribution in [0.4, 0.5) is 5.69 Å². The van der Waals surface area contributed by atoms with Crippen molar-refractivity contribution in [2.45, 2.75) is 6.92 Å². The van der Waals surface area contributed by atoms with Crippen molar-refractivity contribution < 1.29 is 14.3 Å². The second-order valence-corrected chi connectivity index (χ2v) is 6.05.